The molecule has 4 nitrogen and oxygen atoms in total. The first-order chi connectivity index (χ1) is 12.7. The maximum absolute atomic E-state index is 13.2. The Hall–Kier alpha value is -1.82. The highest BCUT2D eigenvalue weighted by Crippen LogP contribution is 2.31. The van der Waals surface area contributed by atoms with E-state index in [4.69, 9.17) is 21.1 Å². The minimum absolute atomic E-state index is 0.289. The minimum Gasteiger partial charge on any atom is -0.486 e. The van der Waals surface area contributed by atoms with Crippen molar-refractivity contribution in [2.75, 3.05) is 39.4 Å². The van der Waals surface area contributed by atoms with E-state index < -0.39 is 0 Å². The second-order valence-electron chi connectivity index (χ2n) is 6.77. The number of hydrogen-bond donors (Lipinski definition) is 0. The van der Waals surface area contributed by atoms with Crippen LogP contribution in [0, 0.1) is 5.82 Å². The van der Waals surface area contributed by atoms with Crippen LogP contribution in [0.15, 0.2) is 36.4 Å². The van der Waals surface area contributed by atoms with Crippen molar-refractivity contribution >= 4 is 11.6 Å². The number of hydrogen-bond acceptors (Lipinski definition) is 4. The van der Waals surface area contributed by atoms with E-state index in [9.17, 15) is 4.39 Å². The summed E-state index contributed by atoms with van der Waals surface area (Å²) >= 11 is 6.14. The third-order valence-electron chi connectivity index (χ3n) is 4.89. The summed E-state index contributed by atoms with van der Waals surface area (Å²) in [5, 5.41) is 0.503. The molecule has 0 spiro atoms. The molecule has 1 saturated heterocycles. The van der Waals surface area contributed by atoms with E-state index in [0.29, 0.717) is 18.2 Å². The first kappa shape index (κ1) is 17.6. The number of piperazine rings is 1. The van der Waals surface area contributed by atoms with Gasteiger partial charge in [-0.1, -0.05) is 23.7 Å². The van der Waals surface area contributed by atoms with Crippen molar-refractivity contribution in [3.05, 3.63) is 58.4 Å². The molecule has 2 aliphatic heterocycles. The molecule has 2 aromatic rings. The smallest absolute Gasteiger partial charge is 0.161 e. The first-order valence-electron chi connectivity index (χ1n) is 8.94. The molecule has 0 aromatic heterocycles. The summed E-state index contributed by atoms with van der Waals surface area (Å²) in [5.41, 5.74) is 2.22. The Morgan fingerprint density at radius 1 is 0.846 bits per heavy atom. The summed E-state index contributed by atoms with van der Waals surface area (Å²) in [4.78, 5) is 4.80. The van der Waals surface area contributed by atoms with Gasteiger partial charge < -0.3 is 9.47 Å². The van der Waals surface area contributed by atoms with Crippen LogP contribution >= 0.6 is 11.6 Å². The average Bonchev–Trinajstić information content (AvgIpc) is 2.65. The summed E-state index contributed by atoms with van der Waals surface area (Å²) in [6.07, 6.45) is 0. The van der Waals surface area contributed by atoms with Gasteiger partial charge >= 0.3 is 0 Å². The van der Waals surface area contributed by atoms with E-state index in [1.165, 1.54) is 17.7 Å². The summed E-state index contributed by atoms with van der Waals surface area (Å²) in [6, 6.07) is 10.8. The highest BCUT2D eigenvalue weighted by Gasteiger charge is 2.19. The molecule has 0 saturated carbocycles. The van der Waals surface area contributed by atoms with Gasteiger partial charge in [-0.15, -0.1) is 0 Å². The number of fused-ring (bicyclic) bond motifs is 1. The predicted molar refractivity (Wildman–Crippen MR) is 99.4 cm³/mol. The van der Waals surface area contributed by atoms with Gasteiger partial charge in [0.1, 0.15) is 19.0 Å². The Balaban J connectivity index is 1.31. The van der Waals surface area contributed by atoms with Crippen LogP contribution in [0.4, 0.5) is 4.39 Å². The SMILES string of the molecule is Fc1ccc(CN2CCN(Cc3ccc4c(c3)OCCO4)CC2)c(Cl)c1. The molecule has 2 aromatic carbocycles. The minimum atomic E-state index is -0.289. The molecule has 1 fully saturated rings. The molecule has 0 unspecified atom stereocenters. The van der Waals surface area contributed by atoms with Gasteiger partial charge in [0.2, 0.25) is 0 Å². The van der Waals surface area contributed by atoms with Crippen LogP contribution in [0.2, 0.25) is 5.02 Å². The van der Waals surface area contributed by atoms with E-state index in [-0.39, 0.29) is 5.82 Å². The Bertz CT molecular complexity index is 778. The van der Waals surface area contributed by atoms with Crippen molar-refractivity contribution < 1.29 is 13.9 Å². The number of nitrogens with zero attached hydrogens (tertiary/aromatic N) is 2. The summed E-state index contributed by atoms with van der Waals surface area (Å²) < 4.78 is 24.4. The Morgan fingerprint density at radius 3 is 2.27 bits per heavy atom. The van der Waals surface area contributed by atoms with Gasteiger partial charge in [0.25, 0.3) is 0 Å². The molecular formula is C20H22ClFN2O2. The zero-order valence-corrected chi connectivity index (χ0v) is 15.3. The van der Waals surface area contributed by atoms with Crippen molar-refractivity contribution in [1.82, 2.24) is 9.80 Å². The molecule has 26 heavy (non-hydrogen) atoms. The van der Waals surface area contributed by atoms with Crippen LogP contribution in [0.25, 0.3) is 0 Å². The molecule has 2 aliphatic rings. The van der Waals surface area contributed by atoms with E-state index in [0.717, 1.165) is 56.3 Å². The fourth-order valence-corrected chi connectivity index (χ4v) is 3.67. The number of benzene rings is 2. The third-order valence-corrected chi connectivity index (χ3v) is 5.24. The van der Waals surface area contributed by atoms with Crippen molar-refractivity contribution in [2.24, 2.45) is 0 Å². The van der Waals surface area contributed by atoms with Crippen LogP contribution in [0.5, 0.6) is 11.5 Å². The van der Waals surface area contributed by atoms with E-state index in [1.54, 1.807) is 6.07 Å². The van der Waals surface area contributed by atoms with E-state index >= 15 is 0 Å². The van der Waals surface area contributed by atoms with Gasteiger partial charge in [-0.3, -0.25) is 9.80 Å². The molecule has 2 heterocycles. The largest absolute Gasteiger partial charge is 0.486 e. The molecule has 138 valence electrons. The molecule has 0 amide bonds. The second-order valence-corrected chi connectivity index (χ2v) is 7.17. The van der Waals surface area contributed by atoms with Crippen LogP contribution in [0.1, 0.15) is 11.1 Å². The number of rotatable bonds is 4. The maximum atomic E-state index is 13.2. The van der Waals surface area contributed by atoms with Crippen LogP contribution in [-0.2, 0) is 13.1 Å². The van der Waals surface area contributed by atoms with Gasteiger partial charge in [0.05, 0.1) is 0 Å². The molecule has 0 atom stereocenters. The third kappa shape index (κ3) is 4.11. The molecule has 6 heteroatoms. The Kier molecular flexibility index (Phi) is 5.29. The highest BCUT2D eigenvalue weighted by molar-refractivity contribution is 6.31. The quantitative estimate of drug-likeness (QED) is 0.814. The molecule has 0 N–H and O–H groups in total. The molecule has 0 aliphatic carbocycles. The number of halogens is 2. The van der Waals surface area contributed by atoms with Crippen molar-refractivity contribution in [3.63, 3.8) is 0 Å². The topological polar surface area (TPSA) is 24.9 Å². The van der Waals surface area contributed by atoms with Crippen LogP contribution in [-0.4, -0.2) is 49.2 Å². The predicted octanol–water partition coefficient (Wildman–Crippen LogP) is 3.57. The lowest BCUT2D eigenvalue weighted by Gasteiger charge is -2.35. The summed E-state index contributed by atoms with van der Waals surface area (Å²) in [7, 11) is 0. The summed E-state index contributed by atoms with van der Waals surface area (Å²) in [6.45, 7) is 6.82. The fourth-order valence-electron chi connectivity index (χ4n) is 3.44. The van der Waals surface area contributed by atoms with Crippen LogP contribution < -0.4 is 9.47 Å². The van der Waals surface area contributed by atoms with Gasteiger partial charge in [-0.05, 0) is 35.4 Å². The second kappa shape index (κ2) is 7.82. The van der Waals surface area contributed by atoms with Gasteiger partial charge in [-0.2, -0.15) is 0 Å². The van der Waals surface area contributed by atoms with Gasteiger partial charge in [0, 0.05) is 44.3 Å². The van der Waals surface area contributed by atoms with Gasteiger partial charge in [-0.25, -0.2) is 4.39 Å². The Morgan fingerprint density at radius 2 is 1.54 bits per heavy atom. The zero-order valence-electron chi connectivity index (χ0n) is 14.6. The monoisotopic (exact) mass is 376 g/mol. The van der Waals surface area contributed by atoms with Crippen molar-refractivity contribution in [2.45, 2.75) is 13.1 Å². The lowest BCUT2D eigenvalue weighted by molar-refractivity contribution is 0.121. The molecular weight excluding hydrogens is 355 g/mol. The summed E-state index contributed by atoms with van der Waals surface area (Å²) in [5.74, 6) is 1.39. The lowest BCUT2D eigenvalue weighted by Crippen LogP contribution is -2.45. The lowest BCUT2D eigenvalue weighted by atomic mass is 10.1. The molecule has 4 rings (SSSR count). The van der Waals surface area contributed by atoms with Crippen molar-refractivity contribution in [1.29, 1.82) is 0 Å². The number of ether oxygens (including phenoxy) is 2. The van der Waals surface area contributed by atoms with E-state index in [1.807, 2.05) is 6.07 Å². The highest BCUT2D eigenvalue weighted by atomic mass is 35.5. The first-order valence-corrected chi connectivity index (χ1v) is 9.32. The zero-order chi connectivity index (χ0) is 17.9. The van der Waals surface area contributed by atoms with E-state index in [2.05, 4.69) is 21.9 Å². The maximum Gasteiger partial charge on any atom is 0.161 e. The average molecular weight is 377 g/mol. The van der Waals surface area contributed by atoms with Crippen LogP contribution in [0.3, 0.4) is 0 Å². The molecule has 0 radical (unpaired) electrons. The Labute approximate surface area is 158 Å². The normalized spacial score (nSPS) is 18.1. The standard InChI is InChI=1S/C20H22ClFN2O2/c21-18-12-17(22)3-2-16(18)14-24-7-5-23(6-8-24)13-15-1-4-19-20(11-15)26-10-9-25-19/h1-4,11-12H,5-10,13-14H2. The van der Waals surface area contributed by atoms with Gasteiger partial charge in [0.15, 0.2) is 11.5 Å². The van der Waals surface area contributed by atoms with Crippen molar-refractivity contribution in [3.8, 4) is 11.5 Å². The molecule has 0 bridgehead atoms. The fraction of sp³-hybridized carbons (Fsp3) is 0.400.